The Hall–Kier alpha value is -7.09. The Morgan fingerprint density at radius 1 is 0.482 bits per heavy atom. The summed E-state index contributed by atoms with van der Waals surface area (Å²) in [5.74, 6) is 0. The van der Waals surface area contributed by atoms with Crippen LogP contribution in [0.1, 0.15) is 11.1 Å². The monoisotopic (exact) mass is 749 g/mol. The number of furan rings is 1. The van der Waals surface area contributed by atoms with Crippen molar-refractivity contribution in [2.45, 2.75) is 9.79 Å². The molecular formula is C50H31N3OSSi. The Morgan fingerprint density at radius 2 is 0.964 bits per heavy atom. The maximum Gasteiger partial charge on any atom is 0.179 e. The van der Waals surface area contributed by atoms with Gasteiger partial charge in [0.05, 0.1) is 40.3 Å². The number of hydrogen-bond donors (Lipinski definition) is 0. The van der Waals surface area contributed by atoms with E-state index in [0.29, 0.717) is 22.3 Å². The van der Waals surface area contributed by atoms with Gasteiger partial charge in [-0.05, 0) is 74.8 Å². The summed E-state index contributed by atoms with van der Waals surface area (Å²) < 4.78 is 6.63. The molecule has 0 saturated heterocycles. The molecular weight excluding hydrogens is 719 g/mol. The summed E-state index contributed by atoms with van der Waals surface area (Å²) in [5.41, 5.74) is 6.68. The SMILES string of the molecule is N#Cc1cc([Si](c2ccccc2)(c2ccccc2)c2ccccc2)cc(C#N)c1-c1cc(N2c3ccccc3Sc3ccccc32)cc2oc3ccccc3c12. The summed E-state index contributed by atoms with van der Waals surface area (Å²) in [5, 5.41) is 28.8. The van der Waals surface area contributed by atoms with E-state index in [1.54, 1.807) is 11.8 Å². The van der Waals surface area contributed by atoms with Crippen molar-refractivity contribution in [1.82, 2.24) is 0 Å². The van der Waals surface area contributed by atoms with Crippen molar-refractivity contribution in [3.8, 4) is 23.3 Å². The van der Waals surface area contributed by atoms with Gasteiger partial charge in [0.15, 0.2) is 8.07 Å². The van der Waals surface area contributed by atoms with Crippen molar-refractivity contribution >= 4 is 79.6 Å². The van der Waals surface area contributed by atoms with E-state index in [0.717, 1.165) is 54.0 Å². The Morgan fingerprint density at radius 3 is 1.50 bits per heavy atom. The first kappa shape index (κ1) is 33.5. The van der Waals surface area contributed by atoms with Crippen LogP contribution < -0.4 is 25.6 Å². The van der Waals surface area contributed by atoms with Crippen LogP contribution in [0.2, 0.25) is 0 Å². The smallest absolute Gasteiger partial charge is 0.179 e. The number of benzene rings is 8. The summed E-state index contributed by atoms with van der Waals surface area (Å²) in [4.78, 5) is 4.55. The molecule has 0 radical (unpaired) electrons. The van der Waals surface area contributed by atoms with Gasteiger partial charge in [-0.25, -0.2) is 0 Å². The number of anilines is 3. The van der Waals surface area contributed by atoms with Crippen LogP contribution in [-0.4, -0.2) is 8.07 Å². The second-order valence-corrected chi connectivity index (χ2v) is 18.7. The Kier molecular flexibility index (Phi) is 8.15. The van der Waals surface area contributed by atoms with Crippen LogP contribution in [0.5, 0.6) is 0 Å². The number of fused-ring (bicyclic) bond motifs is 5. The molecule has 2 heterocycles. The predicted octanol–water partition coefficient (Wildman–Crippen LogP) is 10.3. The normalized spacial score (nSPS) is 12.1. The quantitative estimate of drug-likeness (QED) is 0.125. The molecule has 0 bridgehead atoms. The lowest BCUT2D eigenvalue weighted by Gasteiger charge is -2.35. The highest BCUT2D eigenvalue weighted by molar-refractivity contribution is 7.99. The van der Waals surface area contributed by atoms with Gasteiger partial charge in [-0.3, -0.25) is 0 Å². The maximum absolute atomic E-state index is 11.2. The van der Waals surface area contributed by atoms with Crippen LogP contribution in [0.3, 0.4) is 0 Å². The molecule has 0 aliphatic carbocycles. The largest absolute Gasteiger partial charge is 0.456 e. The number of nitriles is 2. The summed E-state index contributed by atoms with van der Waals surface area (Å²) in [6, 6.07) is 70.1. The lowest BCUT2D eigenvalue weighted by molar-refractivity contribution is 0.669. The Labute approximate surface area is 330 Å². The van der Waals surface area contributed by atoms with Crippen molar-refractivity contribution in [3.63, 3.8) is 0 Å². The van der Waals surface area contributed by atoms with Gasteiger partial charge in [0, 0.05) is 32.2 Å². The van der Waals surface area contributed by atoms with E-state index in [9.17, 15) is 10.5 Å². The van der Waals surface area contributed by atoms with Gasteiger partial charge in [-0.15, -0.1) is 0 Å². The molecule has 1 aliphatic heterocycles. The van der Waals surface area contributed by atoms with Crippen LogP contribution in [0, 0.1) is 22.7 Å². The molecule has 1 aliphatic rings. The average molecular weight is 750 g/mol. The topological polar surface area (TPSA) is 64.0 Å². The van der Waals surface area contributed by atoms with E-state index in [2.05, 4.69) is 169 Å². The molecule has 10 rings (SSSR count). The van der Waals surface area contributed by atoms with Crippen molar-refractivity contribution in [3.05, 3.63) is 199 Å². The first-order valence-corrected chi connectivity index (χ1v) is 21.3. The Bertz CT molecular complexity index is 2860. The van der Waals surface area contributed by atoms with E-state index in [-0.39, 0.29) is 0 Å². The van der Waals surface area contributed by atoms with Gasteiger partial charge < -0.3 is 9.32 Å². The highest BCUT2D eigenvalue weighted by Gasteiger charge is 2.42. The summed E-state index contributed by atoms with van der Waals surface area (Å²) in [7, 11) is -3.05. The lowest BCUT2D eigenvalue weighted by atomic mass is 9.91. The van der Waals surface area contributed by atoms with Crippen LogP contribution in [0.25, 0.3) is 33.1 Å². The third kappa shape index (κ3) is 5.20. The van der Waals surface area contributed by atoms with E-state index < -0.39 is 8.07 Å². The molecule has 4 nitrogen and oxygen atoms in total. The van der Waals surface area contributed by atoms with Crippen molar-refractivity contribution in [2.24, 2.45) is 0 Å². The number of hydrogen-bond acceptors (Lipinski definition) is 5. The number of nitrogens with zero attached hydrogens (tertiary/aromatic N) is 3. The molecule has 0 saturated carbocycles. The average Bonchev–Trinajstić information content (AvgIpc) is 3.65. The van der Waals surface area contributed by atoms with E-state index in [1.165, 1.54) is 15.6 Å². The van der Waals surface area contributed by atoms with E-state index in [1.807, 2.05) is 36.4 Å². The van der Waals surface area contributed by atoms with Crippen LogP contribution in [0.15, 0.2) is 202 Å². The highest BCUT2D eigenvalue weighted by atomic mass is 32.2. The summed E-state index contributed by atoms with van der Waals surface area (Å²) >= 11 is 1.75. The predicted molar refractivity (Wildman–Crippen MR) is 231 cm³/mol. The minimum absolute atomic E-state index is 0.442. The molecule has 0 amide bonds. The molecule has 56 heavy (non-hydrogen) atoms. The minimum Gasteiger partial charge on any atom is -0.456 e. The second-order valence-electron chi connectivity index (χ2n) is 13.9. The van der Waals surface area contributed by atoms with Crippen molar-refractivity contribution in [1.29, 1.82) is 10.5 Å². The van der Waals surface area contributed by atoms with Crippen LogP contribution >= 0.6 is 11.8 Å². The fourth-order valence-corrected chi connectivity index (χ4v) is 14.4. The van der Waals surface area contributed by atoms with Gasteiger partial charge >= 0.3 is 0 Å². The van der Waals surface area contributed by atoms with Gasteiger partial charge in [-0.1, -0.05) is 145 Å². The van der Waals surface area contributed by atoms with Crippen molar-refractivity contribution < 1.29 is 4.42 Å². The highest BCUT2D eigenvalue weighted by Crippen LogP contribution is 2.53. The fourth-order valence-electron chi connectivity index (χ4n) is 8.54. The van der Waals surface area contributed by atoms with Gasteiger partial charge in [0.1, 0.15) is 11.2 Å². The Balaban J connectivity index is 1.30. The van der Waals surface area contributed by atoms with Crippen LogP contribution in [-0.2, 0) is 0 Å². The molecule has 6 heteroatoms. The molecule has 0 N–H and O–H groups in total. The number of para-hydroxylation sites is 3. The fraction of sp³-hybridized carbons (Fsp3) is 0. The summed E-state index contributed by atoms with van der Waals surface area (Å²) in [6.45, 7) is 0. The van der Waals surface area contributed by atoms with Gasteiger partial charge in [0.2, 0.25) is 0 Å². The third-order valence-electron chi connectivity index (χ3n) is 10.9. The molecule has 8 aromatic carbocycles. The zero-order valence-corrected chi connectivity index (χ0v) is 31.9. The van der Waals surface area contributed by atoms with E-state index >= 15 is 0 Å². The first-order chi connectivity index (χ1) is 27.7. The molecule has 0 spiro atoms. The van der Waals surface area contributed by atoms with Gasteiger partial charge in [0.25, 0.3) is 0 Å². The second kappa shape index (κ2) is 13.6. The molecule has 0 fully saturated rings. The van der Waals surface area contributed by atoms with Gasteiger partial charge in [-0.2, -0.15) is 10.5 Å². The minimum atomic E-state index is -3.05. The molecule has 0 atom stereocenters. The number of rotatable bonds is 6. The standard InChI is InChI=1S/C50H31N3OSSi/c51-32-34-28-40(56(37-16-4-1-5-17-37,38-18-6-2-7-19-38)39-20-8-3-9-21-39)29-35(33-52)49(34)42-30-36(31-46-50(42)41-22-10-13-25-45(41)54-46)53-43-23-11-14-26-47(43)55-48-27-15-12-24-44(48)53/h1-31H. The third-order valence-corrected chi connectivity index (χ3v) is 16.7. The molecule has 262 valence electrons. The zero-order valence-electron chi connectivity index (χ0n) is 30.1. The van der Waals surface area contributed by atoms with Crippen molar-refractivity contribution in [2.75, 3.05) is 4.90 Å². The lowest BCUT2D eigenvalue weighted by Crippen LogP contribution is -2.74. The first-order valence-electron chi connectivity index (χ1n) is 18.5. The zero-order chi connectivity index (χ0) is 37.6. The van der Waals surface area contributed by atoms with E-state index in [4.69, 9.17) is 4.42 Å². The van der Waals surface area contributed by atoms with Crippen LogP contribution in [0.4, 0.5) is 17.1 Å². The molecule has 9 aromatic rings. The summed E-state index contributed by atoms with van der Waals surface area (Å²) in [6.07, 6.45) is 0. The molecule has 1 aromatic heterocycles. The maximum atomic E-state index is 11.2. The molecule has 0 unspecified atom stereocenters.